The molecule has 0 bridgehead atoms. The van der Waals surface area contributed by atoms with Crippen LogP contribution in [0.1, 0.15) is 25.8 Å². The number of rotatable bonds is 6. The molecule has 7 nitrogen and oxygen atoms in total. The first-order valence-electron chi connectivity index (χ1n) is 8.04. The zero-order chi connectivity index (χ0) is 17.5. The number of aliphatic hydroxyl groups is 1. The summed E-state index contributed by atoms with van der Waals surface area (Å²) in [7, 11) is 0. The third-order valence-corrected chi connectivity index (χ3v) is 3.82. The molecule has 0 saturated carbocycles. The summed E-state index contributed by atoms with van der Waals surface area (Å²) in [5.41, 5.74) is 0.865. The second-order valence-corrected chi connectivity index (χ2v) is 6.09. The predicted octanol–water partition coefficient (Wildman–Crippen LogP) is 1.16. The summed E-state index contributed by atoms with van der Waals surface area (Å²) in [4.78, 5) is 24.3. The van der Waals surface area contributed by atoms with Gasteiger partial charge in [-0.3, -0.25) is 4.79 Å². The van der Waals surface area contributed by atoms with Crippen LogP contribution in [-0.4, -0.2) is 42.1 Å². The molecule has 24 heavy (non-hydrogen) atoms. The highest BCUT2D eigenvalue weighted by molar-refractivity contribution is 5.86. The van der Waals surface area contributed by atoms with Gasteiger partial charge in [0.1, 0.15) is 12.6 Å². The Balaban J connectivity index is 1.85. The lowest BCUT2D eigenvalue weighted by Gasteiger charge is -2.24. The lowest BCUT2D eigenvalue weighted by atomic mass is 10.0. The van der Waals surface area contributed by atoms with Crippen molar-refractivity contribution >= 4 is 12.0 Å². The van der Waals surface area contributed by atoms with Crippen molar-refractivity contribution in [3.8, 4) is 0 Å². The Bertz CT molecular complexity index is 549. The normalized spacial score (nSPS) is 21.3. The van der Waals surface area contributed by atoms with Crippen molar-refractivity contribution in [1.29, 1.82) is 0 Å². The molecule has 1 aromatic rings. The van der Waals surface area contributed by atoms with Gasteiger partial charge in [-0.1, -0.05) is 44.2 Å². The van der Waals surface area contributed by atoms with Crippen LogP contribution in [0.25, 0.3) is 0 Å². The maximum atomic E-state index is 12.3. The number of carbonyl (C=O) groups excluding carboxylic acids is 2. The van der Waals surface area contributed by atoms with Crippen molar-refractivity contribution in [2.75, 3.05) is 6.61 Å². The van der Waals surface area contributed by atoms with Gasteiger partial charge in [0.25, 0.3) is 0 Å². The van der Waals surface area contributed by atoms with E-state index in [4.69, 9.17) is 9.47 Å². The topological polar surface area (TPSA) is 96.9 Å². The van der Waals surface area contributed by atoms with Crippen LogP contribution in [-0.2, 0) is 20.9 Å². The van der Waals surface area contributed by atoms with Crippen molar-refractivity contribution in [2.24, 2.45) is 5.92 Å². The second kappa shape index (κ2) is 8.65. The van der Waals surface area contributed by atoms with E-state index in [2.05, 4.69) is 10.6 Å². The standard InChI is InChI=1S/C17H24N2O5/c1-11(2)14(15(20)18-13-8-9-23-16(13)21)19-17(22)24-10-12-6-4-3-5-7-12/h3-7,11,13-14,16,21H,8-10H2,1-2H3,(H,18,20)(H,19,22)/t13?,14-,16?/m0/s1. The molecule has 2 unspecified atom stereocenters. The van der Waals surface area contributed by atoms with Gasteiger partial charge in [0.15, 0.2) is 6.29 Å². The zero-order valence-electron chi connectivity index (χ0n) is 13.9. The number of hydrogen-bond donors (Lipinski definition) is 3. The molecule has 2 amide bonds. The van der Waals surface area contributed by atoms with Crippen LogP contribution in [0, 0.1) is 5.92 Å². The SMILES string of the molecule is CC(C)[C@H](NC(=O)OCc1ccccc1)C(=O)NC1CCOC1O. The number of aliphatic hydroxyl groups excluding tert-OH is 1. The zero-order valence-corrected chi connectivity index (χ0v) is 13.9. The number of benzene rings is 1. The fourth-order valence-electron chi connectivity index (χ4n) is 2.42. The molecule has 0 spiro atoms. The second-order valence-electron chi connectivity index (χ2n) is 6.09. The van der Waals surface area contributed by atoms with Gasteiger partial charge >= 0.3 is 6.09 Å². The van der Waals surface area contributed by atoms with Crippen molar-refractivity contribution in [1.82, 2.24) is 10.6 Å². The van der Waals surface area contributed by atoms with Crippen LogP contribution in [0.3, 0.4) is 0 Å². The molecular formula is C17H24N2O5. The van der Waals surface area contributed by atoms with Gasteiger partial charge in [0.05, 0.1) is 12.6 Å². The van der Waals surface area contributed by atoms with E-state index in [1.54, 1.807) is 0 Å². The molecule has 1 fully saturated rings. The molecule has 3 N–H and O–H groups in total. The lowest BCUT2D eigenvalue weighted by Crippen LogP contribution is -2.53. The van der Waals surface area contributed by atoms with Crippen molar-refractivity contribution < 1.29 is 24.2 Å². The van der Waals surface area contributed by atoms with Gasteiger partial charge in [-0.25, -0.2) is 4.79 Å². The average Bonchev–Trinajstić information content (AvgIpc) is 2.96. The van der Waals surface area contributed by atoms with Gasteiger partial charge in [-0.2, -0.15) is 0 Å². The van der Waals surface area contributed by atoms with Crippen LogP contribution in [0.15, 0.2) is 30.3 Å². The maximum Gasteiger partial charge on any atom is 0.408 e. The molecule has 1 heterocycles. The summed E-state index contributed by atoms with van der Waals surface area (Å²) in [5.74, 6) is -0.495. The van der Waals surface area contributed by atoms with Crippen molar-refractivity contribution in [3.63, 3.8) is 0 Å². The van der Waals surface area contributed by atoms with E-state index in [1.165, 1.54) is 0 Å². The Kier molecular flexibility index (Phi) is 6.57. The van der Waals surface area contributed by atoms with Crippen molar-refractivity contribution in [3.05, 3.63) is 35.9 Å². The van der Waals surface area contributed by atoms with E-state index < -0.39 is 24.5 Å². The van der Waals surface area contributed by atoms with Gasteiger partial charge in [-0.05, 0) is 17.9 Å². The quantitative estimate of drug-likeness (QED) is 0.724. The first-order chi connectivity index (χ1) is 11.5. The van der Waals surface area contributed by atoms with E-state index in [-0.39, 0.29) is 18.4 Å². The predicted molar refractivity (Wildman–Crippen MR) is 86.9 cm³/mol. The molecule has 0 radical (unpaired) electrons. The van der Waals surface area contributed by atoms with Crippen LogP contribution < -0.4 is 10.6 Å². The minimum atomic E-state index is -1.01. The Hall–Kier alpha value is -2.12. The highest BCUT2D eigenvalue weighted by Gasteiger charge is 2.32. The molecule has 1 aliphatic heterocycles. The highest BCUT2D eigenvalue weighted by atomic mass is 16.6. The van der Waals surface area contributed by atoms with E-state index in [0.717, 1.165) is 5.56 Å². The number of nitrogens with one attached hydrogen (secondary N) is 2. The van der Waals surface area contributed by atoms with Gasteiger partial charge < -0.3 is 25.2 Å². The third-order valence-electron chi connectivity index (χ3n) is 3.82. The largest absolute Gasteiger partial charge is 0.445 e. The molecule has 0 aliphatic carbocycles. The van der Waals surface area contributed by atoms with E-state index >= 15 is 0 Å². The van der Waals surface area contributed by atoms with E-state index in [1.807, 2.05) is 44.2 Å². The highest BCUT2D eigenvalue weighted by Crippen LogP contribution is 2.12. The van der Waals surface area contributed by atoms with Gasteiger partial charge in [0.2, 0.25) is 5.91 Å². The first-order valence-corrected chi connectivity index (χ1v) is 8.04. The molecule has 132 valence electrons. The first kappa shape index (κ1) is 18.2. The molecule has 0 aromatic heterocycles. The summed E-state index contributed by atoms with van der Waals surface area (Å²) in [5, 5.41) is 14.9. The molecule has 7 heteroatoms. The summed E-state index contributed by atoms with van der Waals surface area (Å²) < 4.78 is 10.1. The molecule has 1 aliphatic rings. The number of ether oxygens (including phenoxy) is 2. The fourth-order valence-corrected chi connectivity index (χ4v) is 2.42. The summed E-state index contributed by atoms with van der Waals surface area (Å²) in [6.45, 7) is 4.17. The number of alkyl carbamates (subject to hydrolysis) is 1. The maximum absolute atomic E-state index is 12.3. The number of carbonyl (C=O) groups is 2. The molecule has 1 saturated heterocycles. The van der Waals surface area contributed by atoms with Crippen LogP contribution in [0.4, 0.5) is 4.79 Å². The fraction of sp³-hybridized carbons (Fsp3) is 0.529. The molecule has 3 atom stereocenters. The van der Waals surface area contributed by atoms with Gasteiger partial charge in [-0.15, -0.1) is 0 Å². The number of hydrogen-bond acceptors (Lipinski definition) is 5. The van der Waals surface area contributed by atoms with Crippen molar-refractivity contribution in [2.45, 2.75) is 45.2 Å². The summed E-state index contributed by atoms with van der Waals surface area (Å²) in [6.07, 6.45) is -1.13. The smallest absolute Gasteiger partial charge is 0.408 e. The summed E-state index contributed by atoms with van der Waals surface area (Å²) in [6, 6.07) is 8.08. The minimum Gasteiger partial charge on any atom is -0.445 e. The monoisotopic (exact) mass is 336 g/mol. The van der Waals surface area contributed by atoms with E-state index in [9.17, 15) is 14.7 Å². The number of amides is 2. The van der Waals surface area contributed by atoms with Crippen LogP contribution in [0.5, 0.6) is 0 Å². The molecular weight excluding hydrogens is 312 g/mol. The minimum absolute atomic E-state index is 0.131. The third kappa shape index (κ3) is 5.21. The Labute approximate surface area is 141 Å². The Morgan fingerprint density at radius 3 is 2.62 bits per heavy atom. The van der Waals surface area contributed by atoms with Crippen LogP contribution >= 0.6 is 0 Å². The molecule has 1 aromatic carbocycles. The lowest BCUT2D eigenvalue weighted by molar-refractivity contribution is -0.128. The van der Waals surface area contributed by atoms with Crippen LogP contribution in [0.2, 0.25) is 0 Å². The van der Waals surface area contributed by atoms with Gasteiger partial charge in [0, 0.05) is 0 Å². The molecule has 2 rings (SSSR count). The Morgan fingerprint density at radius 1 is 1.33 bits per heavy atom. The average molecular weight is 336 g/mol. The van der Waals surface area contributed by atoms with E-state index in [0.29, 0.717) is 13.0 Å². The Morgan fingerprint density at radius 2 is 2.04 bits per heavy atom. The summed E-state index contributed by atoms with van der Waals surface area (Å²) >= 11 is 0.